The second-order valence-electron chi connectivity index (χ2n) is 3.88. The van der Waals surface area contributed by atoms with Gasteiger partial charge in [0.15, 0.2) is 5.13 Å². The zero-order valence-corrected chi connectivity index (χ0v) is 10.7. The normalized spacial score (nSPS) is 10.4. The van der Waals surface area contributed by atoms with Gasteiger partial charge in [0, 0.05) is 12.7 Å². The maximum absolute atomic E-state index is 4.36. The highest BCUT2D eigenvalue weighted by atomic mass is 32.1. The van der Waals surface area contributed by atoms with Gasteiger partial charge in [-0.15, -0.1) is 0 Å². The fourth-order valence-corrected chi connectivity index (χ4v) is 2.60. The van der Waals surface area contributed by atoms with Crippen LogP contribution in [0.2, 0.25) is 0 Å². The molecule has 0 spiro atoms. The second kappa shape index (κ2) is 4.66. The molecule has 1 heterocycles. The van der Waals surface area contributed by atoms with Crippen LogP contribution in [0, 0.1) is 13.8 Å². The van der Waals surface area contributed by atoms with Gasteiger partial charge >= 0.3 is 0 Å². The van der Waals surface area contributed by atoms with Crippen LogP contribution in [0.5, 0.6) is 0 Å². The molecule has 16 heavy (non-hydrogen) atoms. The number of aryl methyl sites for hydroxylation is 2. The number of hydrogen-bond acceptors (Lipinski definition) is 3. The van der Waals surface area contributed by atoms with Gasteiger partial charge in [0.25, 0.3) is 0 Å². The predicted octanol–water partition coefficient (Wildman–Crippen LogP) is 3.86. The van der Waals surface area contributed by atoms with E-state index in [1.807, 2.05) is 6.20 Å². The summed E-state index contributed by atoms with van der Waals surface area (Å²) in [5, 5.41) is 4.24. The average Bonchev–Trinajstić information content (AvgIpc) is 2.71. The van der Waals surface area contributed by atoms with Crippen LogP contribution in [-0.2, 0) is 0 Å². The molecule has 2 rings (SSSR count). The van der Waals surface area contributed by atoms with Crippen molar-refractivity contribution >= 4 is 16.5 Å². The van der Waals surface area contributed by atoms with Crippen LogP contribution in [0.1, 0.15) is 18.1 Å². The second-order valence-corrected chi connectivity index (χ2v) is 4.91. The van der Waals surface area contributed by atoms with Gasteiger partial charge in [-0.25, -0.2) is 4.98 Å². The van der Waals surface area contributed by atoms with Gasteiger partial charge in [-0.3, -0.25) is 0 Å². The Balaban J connectivity index is 2.38. The Hall–Kier alpha value is -1.35. The average molecular weight is 232 g/mol. The Morgan fingerprint density at radius 1 is 1.31 bits per heavy atom. The quantitative estimate of drug-likeness (QED) is 0.869. The molecule has 0 aliphatic carbocycles. The number of nitrogens with one attached hydrogen (secondary N) is 1. The summed E-state index contributed by atoms with van der Waals surface area (Å²) in [5.74, 6) is 0. The van der Waals surface area contributed by atoms with E-state index in [-0.39, 0.29) is 0 Å². The minimum Gasteiger partial charge on any atom is -0.362 e. The first-order chi connectivity index (χ1) is 7.70. The van der Waals surface area contributed by atoms with E-state index in [0.29, 0.717) is 0 Å². The Morgan fingerprint density at radius 3 is 2.88 bits per heavy atom. The molecular formula is C13H16N2S. The van der Waals surface area contributed by atoms with Crippen molar-refractivity contribution in [1.29, 1.82) is 0 Å². The van der Waals surface area contributed by atoms with Crippen molar-refractivity contribution in [3.8, 4) is 10.4 Å². The molecule has 2 aromatic rings. The zero-order valence-electron chi connectivity index (χ0n) is 9.87. The number of thiazole rings is 1. The van der Waals surface area contributed by atoms with Crippen molar-refractivity contribution < 1.29 is 0 Å². The van der Waals surface area contributed by atoms with Gasteiger partial charge in [0.2, 0.25) is 0 Å². The van der Waals surface area contributed by atoms with Gasteiger partial charge in [-0.1, -0.05) is 35.1 Å². The van der Waals surface area contributed by atoms with E-state index < -0.39 is 0 Å². The summed E-state index contributed by atoms with van der Waals surface area (Å²) in [5.41, 5.74) is 3.89. The van der Waals surface area contributed by atoms with Gasteiger partial charge in [0.05, 0.1) is 4.88 Å². The largest absolute Gasteiger partial charge is 0.362 e. The Bertz CT molecular complexity index is 488. The van der Waals surface area contributed by atoms with E-state index in [4.69, 9.17) is 0 Å². The lowest BCUT2D eigenvalue weighted by Crippen LogP contribution is -1.94. The van der Waals surface area contributed by atoms with Crippen molar-refractivity contribution in [3.05, 3.63) is 35.5 Å². The highest BCUT2D eigenvalue weighted by Gasteiger charge is 2.06. The molecular weight excluding hydrogens is 216 g/mol. The number of hydrogen-bond donors (Lipinski definition) is 1. The molecule has 0 saturated heterocycles. The number of anilines is 1. The number of nitrogens with zero attached hydrogens (tertiary/aromatic N) is 1. The molecule has 1 N–H and O–H groups in total. The van der Waals surface area contributed by atoms with E-state index in [0.717, 1.165) is 11.7 Å². The smallest absolute Gasteiger partial charge is 0.183 e. The summed E-state index contributed by atoms with van der Waals surface area (Å²) in [4.78, 5) is 5.59. The fraction of sp³-hybridized carbons (Fsp3) is 0.308. The van der Waals surface area contributed by atoms with Crippen molar-refractivity contribution in [2.45, 2.75) is 20.8 Å². The van der Waals surface area contributed by atoms with Crippen LogP contribution in [0.4, 0.5) is 5.13 Å². The van der Waals surface area contributed by atoms with Crippen molar-refractivity contribution in [2.75, 3.05) is 11.9 Å². The summed E-state index contributed by atoms with van der Waals surface area (Å²) < 4.78 is 0. The standard InChI is InChI=1S/C13H16N2S/c1-4-14-13-15-8-12(16-13)11-7-9(2)5-6-10(11)3/h5-8H,4H2,1-3H3,(H,14,15). The van der Waals surface area contributed by atoms with Crippen molar-refractivity contribution in [2.24, 2.45) is 0 Å². The van der Waals surface area contributed by atoms with E-state index in [1.54, 1.807) is 11.3 Å². The molecule has 1 aromatic heterocycles. The minimum atomic E-state index is 0.916. The van der Waals surface area contributed by atoms with Crippen LogP contribution in [0.3, 0.4) is 0 Å². The lowest BCUT2D eigenvalue weighted by Gasteiger charge is -2.03. The van der Waals surface area contributed by atoms with Crippen LogP contribution in [-0.4, -0.2) is 11.5 Å². The van der Waals surface area contributed by atoms with Crippen LogP contribution in [0.15, 0.2) is 24.4 Å². The molecule has 1 aromatic carbocycles. The summed E-state index contributed by atoms with van der Waals surface area (Å²) in [6.45, 7) is 7.26. The molecule has 3 heteroatoms. The molecule has 0 fully saturated rings. The molecule has 0 atom stereocenters. The summed E-state index contributed by atoms with van der Waals surface area (Å²) >= 11 is 1.71. The maximum atomic E-state index is 4.36. The van der Waals surface area contributed by atoms with E-state index in [1.165, 1.54) is 21.6 Å². The Labute approximate surface area is 100 Å². The SMILES string of the molecule is CCNc1ncc(-c2cc(C)ccc2C)s1. The lowest BCUT2D eigenvalue weighted by atomic mass is 10.1. The maximum Gasteiger partial charge on any atom is 0.183 e. The fourth-order valence-electron chi connectivity index (χ4n) is 1.63. The molecule has 0 amide bonds. The zero-order chi connectivity index (χ0) is 11.5. The van der Waals surface area contributed by atoms with E-state index in [9.17, 15) is 0 Å². The third-order valence-electron chi connectivity index (χ3n) is 2.49. The third-order valence-corrected chi connectivity index (χ3v) is 3.48. The molecule has 0 aliphatic rings. The highest BCUT2D eigenvalue weighted by Crippen LogP contribution is 2.31. The molecule has 0 radical (unpaired) electrons. The monoisotopic (exact) mass is 232 g/mol. The molecule has 0 bridgehead atoms. The first kappa shape index (κ1) is 11.1. The van der Waals surface area contributed by atoms with Crippen LogP contribution in [0.25, 0.3) is 10.4 Å². The topological polar surface area (TPSA) is 24.9 Å². The predicted molar refractivity (Wildman–Crippen MR) is 71.2 cm³/mol. The Morgan fingerprint density at radius 2 is 2.12 bits per heavy atom. The molecule has 0 aliphatic heterocycles. The van der Waals surface area contributed by atoms with Gasteiger partial charge in [-0.2, -0.15) is 0 Å². The highest BCUT2D eigenvalue weighted by molar-refractivity contribution is 7.18. The van der Waals surface area contributed by atoms with E-state index in [2.05, 4.69) is 49.3 Å². The molecule has 0 unspecified atom stereocenters. The van der Waals surface area contributed by atoms with Gasteiger partial charge in [-0.05, 0) is 31.9 Å². The molecule has 84 valence electrons. The summed E-state index contributed by atoms with van der Waals surface area (Å²) in [6.07, 6.45) is 1.95. The van der Waals surface area contributed by atoms with Crippen molar-refractivity contribution in [1.82, 2.24) is 4.98 Å². The van der Waals surface area contributed by atoms with Crippen molar-refractivity contribution in [3.63, 3.8) is 0 Å². The van der Waals surface area contributed by atoms with Gasteiger partial charge < -0.3 is 5.32 Å². The third kappa shape index (κ3) is 2.25. The summed E-state index contributed by atoms with van der Waals surface area (Å²) in [6, 6.07) is 6.53. The minimum absolute atomic E-state index is 0.916. The number of benzene rings is 1. The number of rotatable bonds is 3. The van der Waals surface area contributed by atoms with Crippen LogP contribution < -0.4 is 5.32 Å². The van der Waals surface area contributed by atoms with Gasteiger partial charge in [0.1, 0.15) is 0 Å². The summed E-state index contributed by atoms with van der Waals surface area (Å²) in [7, 11) is 0. The van der Waals surface area contributed by atoms with E-state index >= 15 is 0 Å². The molecule has 0 saturated carbocycles. The first-order valence-electron chi connectivity index (χ1n) is 5.48. The lowest BCUT2D eigenvalue weighted by molar-refractivity contribution is 1.19. The van der Waals surface area contributed by atoms with Crippen LogP contribution >= 0.6 is 11.3 Å². The first-order valence-corrected chi connectivity index (χ1v) is 6.29. The number of aromatic nitrogens is 1. The Kier molecular flexibility index (Phi) is 3.25. The molecule has 2 nitrogen and oxygen atoms in total.